The van der Waals surface area contributed by atoms with Gasteiger partial charge in [-0.15, -0.1) is 0 Å². The minimum absolute atomic E-state index is 0.792. The minimum Gasteiger partial charge on any atom is -0.413 e. The summed E-state index contributed by atoms with van der Waals surface area (Å²) in [6.45, 7) is 7.29. The first-order valence-corrected chi connectivity index (χ1v) is 8.28. The average Bonchev–Trinajstić information content (AvgIpc) is 2.26. The van der Waals surface area contributed by atoms with E-state index in [2.05, 4.69) is 32.9 Å². The Labute approximate surface area is 98.5 Å². The molecule has 1 rings (SSSR count). The summed E-state index contributed by atoms with van der Waals surface area (Å²) >= 11 is 6.03. The zero-order valence-corrected chi connectivity index (χ0v) is 11.5. The number of benzene rings is 1. The molecule has 1 aromatic carbocycles. The number of hydrogen-bond acceptors (Lipinski definition) is 1. The maximum atomic E-state index is 6.05. The molecule has 0 amide bonds. The van der Waals surface area contributed by atoms with Gasteiger partial charge in [-0.3, -0.25) is 0 Å². The summed E-state index contributed by atoms with van der Waals surface area (Å²) in [6, 6.07) is 10.4. The van der Waals surface area contributed by atoms with E-state index in [0.717, 1.165) is 23.7 Å². The van der Waals surface area contributed by atoms with Crippen molar-refractivity contribution < 1.29 is 4.43 Å². The Balaban J connectivity index is 3.07. The van der Waals surface area contributed by atoms with Gasteiger partial charge in [-0.25, -0.2) is 0 Å². The van der Waals surface area contributed by atoms with E-state index in [1.54, 1.807) is 0 Å². The van der Waals surface area contributed by atoms with Crippen molar-refractivity contribution in [3.63, 3.8) is 0 Å². The molecule has 3 heteroatoms. The van der Waals surface area contributed by atoms with E-state index in [4.69, 9.17) is 16.0 Å². The fraction of sp³-hybridized carbons (Fsp3) is 0.500. The van der Waals surface area contributed by atoms with Crippen molar-refractivity contribution in [2.45, 2.75) is 32.9 Å². The molecular formula is C12H19ClOSi. The minimum atomic E-state index is -1.74. The van der Waals surface area contributed by atoms with Crippen LogP contribution in [0, 0.1) is 0 Å². The smallest absolute Gasteiger partial charge is 0.223 e. The molecule has 0 heterocycles. The fourth-order valence-electron chi connectivity index (χ4n) is 1.99. The Kier molecular flexibility index (Phi) is 4.83. The summed E-state index contributed by atoms with van der Waals surface area (Å²) in [4.78, 5) is 0. The Hall–Kier alpha value is -0.313. The van der Waals surface area contributed by atoms with Crippen molar-refractivity contribution in [3.05, 3.63) is 29.3 Å². The van der Waals surface area contributed by atoms with E-state index in [1.807, 2.05) is 12.1 Å². The van der Waals surface area contributed by atoms with Gasteiger partial charge in [0.05, 0.1) is 0 Å². The molecule has 0 atom stereocenters. The van der Waals surface area contributed by atoms with Crippen molar-refractivity contribution in [2.24, 2.45) is 0 Å². The Morgan fingerprint density at radius 2 is 1.87 bits per heavy atom. The molecule has 0 saturated carbocycles. The third kappa shape index (κ3) is 2.83. The molecule has 0 saturated heterocycles. The number of rotatable bonds is 5. The quantitative estimate of drug-likeness (QED) is 0.718. The molecule has 0 aliphatic carbocycles. The standard InChI is InChI=1S/C12H19ClOSi/c1-4-14-15(5-2,6-3)12-9-7-8-11(13)10-12/h7-10H,4-6H2,1-3H3. The summed E-state index contributed by atoms with van der Waals surface area (Å²) in [7, 11) is -1.74. The lowest BCUT2D eigenvalue weighted by atomic mass is 10.4. The van der Waals surface area contributed by atoms with Crippen LogP contribution in [-0.4, -0.2) is 14.9 Å². The lowest BCUT2D eigenvalue weighted by Crippen LogP contribution is -2.49. The second-order valence-electron chi connectivity index (χ2n) is 3.64. The van der Waals surface area contributed by atoms with Crippen LogP contribution in [0.4, 0.5) is 0 Å². The molecule has 0 aromatic heterocycles. The van der Waals surface area contributed by atoms with Crippen LogP contribution >= 0.6 is 11.6 Å². The van der Waals surface area contributed by atoms with Crippen molar-refractivity contribution in [1.29, 1.82) is 0 Å². The molecule has 0 N–H and O–H groups in total. The fourth-order valence-corrected chi connectivity index (χ4v) is 5.54. The van der Waals surface area contributed by atoms with Gasteiger partial charge in [-0.1, -0.05) is 37.6 Å². The van der Waals surface area contributed by atoms with Crippen molar-refractivity contribution in [3.8, 4) is 0 Å². The maximum Gasteiger partial charge on any atom is 0.223 e. The molecular weight excluding hydrogens is 224 g/mol. The van der Waals surface area contributed by atoms with Crippen LogP contribution in [0.5, 0.6) is 0 Å². The summed E-state index contributed by atoms with van der Waals surface area (Å²) in [5.74, 6) is 0. The maximum absolute atomic E-state index is 6.05. The summed E-state index contributed by atoms with van der Waals surface area (Å²) in [5, 5.41) is 2.13. The van der Waals surface area contributed by atoms with Crippen LogP contribution in [0.15, 0.2) is 24.3 Å². The zero-order valence-electron chi connectivity index (χ0n) is 9.72. The highest BCUT2D eigenvalue weighted by atomic mass is 35.5. The highest BCUT2D eigenvalue weighted by Gasteiger charge is 2.32. The lowest BCUT2D eigenvalue weighted by molar-refractivity contribution is 0.330. The second-order valence-corrected chi connectivity index (χ2v) is 8.35. The van der Waals surface area contributed by atoms with Crippen molar-refractivity contribution in [1.82, 2.24) is 0 Å². The molecule has 15 heavy (non-hydrogen) atoms. The number of hydrogen-bond donors (Lipinski definition) is 0. The van der Waals surface area contributed by atoms with Crippen LogP contribution in [0.1, 0.15) is 20.8 Å². The summed E-state index contributed by atoms with van der Waals surface area (Å²) in [6.07, 6.45) is 0. The average molecular weight is 243 g/mol. The van der Waals surface area contributed by atoms with Crippen molar-refractivity contribution in [2.75, 3.05) is 6.61 Å². The molecule has 0 unspecified atom stereocenters. The predicted octanol–water partition coefficient (Wildman–Crippen LogP) is 3.57. The first kappa shape index (κ1) is 12.8. The first-order valence-electron chi connectivity index (χ1n) is 5.58. The third-order valence-electron chi connectivity index (χ3n) is 2.91. The van der Waals surface area contributed by atoms with Crippen LogP contribution in [0.25, 0.3) is 0 Å². The van der Waals surface area contributed by atoms with E-state index in [0.29, 0.717) is 0 Å². The first-order chi connectivity index (χ1) is 7.18. The highest BCUT2D eigenvalue weighted by molar-refractivity contribution is 6.86. The van der Waals surface area contributed by atoms with Gasteiger partial charge in [0.15, 0.2) is 0 Å². The van der Waals surface area contributed by atoms with E-state index in [9.17, 15) is 0 Å². The van der Waals surface area contributed by atoms with E-state index >= 15 is 0 Å². The molecule has 0 aliphatic rings. The van der Waals surface area contributed by atoms with Gasteiger partial charge in [-0.05, 0) is 36.3 Å². The van der Waals surface area contributed by atoms with Crippen LogP contribution in [-0.2, 0) is 4.43 Å². The molecule has 0 radical (unpaired) electrons. The monoisotopic (exact) mass is 242 g/mol. The van der Waals surface area contributed by atoms with Gasteiger partial charge in [0.1, 0.15) is 0 Å². The highest BCUT2D eigenvalue weighted by Crippen LogP contribution is 2.18. The molecule has 0 bridgehead atoms. The van der Waals surface area contributed by atoms with Gasteiger partial charge >= 0.3 is 0 Å². The Bertz CT molecular complexity index is 310. The topological polar surface area (TPSA) is 9.23 Å². The summed E-state index contributed by atoms with van der Waals surface area (Å²) in [5.41, 5.74) is 0. The SMILES string of the molecule is CCO[Si](CC)(CC)c1cccc(Cl)c1. The van der Waals surface area contributed by atoms with Crippen LogP contribution < -0.4 is 5.19 Å². The van der Waals surface area contributed by atoms with Gasteiger partial charge in [0.2, 0.25) is 8.32 Å². The molecule has 0 fully saturated rings. The summed E-state index contributed by atoms with van der Waals surface area (Å²) < 4.78 is 6.05. The Morgan fingerprint density at radius 1 is 1.20 bits per heavy atom. The van der Waals surface area contributed by atoms with Gasteiger partial charge in [-0.2, -0.15) is 0 Å². The molecule has 84 valence electrons. The second kappa shape index (κ2) is 5.68. The number of halogens is 1. The molecule has 0 aliphatic heterocycles. The molecule has 1 aromatic rings. The zero-order chi connectivity index (χ0) is 11.3. The van der Waals surface area contributed by atoms with Crippen molar-refractivity contribution >= 4 is 25.1 Å². The predicted molar refractivity (Wildman–Crippen MR) is 69.4 cm³/mol. The van der Waals surface area contributed by atoms with Crippen LogP contribution in [0.3, 0.4) is 0 Å². The van der Waals surface area contributed by atoms with E-state index in [1.165, 1.54) is 5.19 Å². The molecule has 1 nitrogen and oxygen atoms in total. The lowest BCUT2D eigenvalue weighted by Gasteiger charge is -2.29. The third-order valence-corrected chi connectivity index (χ3v) is 7.64. The van der Waals surface area contributed by atoms with Crippen LogP contribution in [0.2, 0.25) is 17.1 Å². The van der Waals surface area contributed by atoms with E-state index < -0.39 is 8.32 Å². The largest absolute Gasteiger partial charge is 0.413 e. The molecule has 0 spiro atoms. The normalized spacial score (nSPS) is 11.7. The van der Waals surface area contributed by atoms with Gasteiger partial charge in [0, 0.05) is 11.6 Å². The van der Waals surface area contributed by atoms with Gasteiger partial charge < -0.3 is 4.43 Å². The van der Waals surface area contributed by atoms with Gasteiger partial charge in [0.25, 0.3) is 0 Å². The Morgan fingerprint density at radius 3 is 2.33 bits per heavy atom. The van der Waals surface area contributed by atoms with E-state index in [-0.39, 0.29) is 0 Å².